The minimum atomic E-state index is -0.183. The van der Waals surface area contributed by atoms with E-state index < -0.39 is 0 Å². The van der Waals surface area contributed by atoms with E-state index in [4.69, 9.17) is 10.5 Å². The van der Waals surface area contributed by atoms with Gasteiger partial charge >= 0.3 is 0 Å². The number of carbonyl (C=O) groups excluding carboxylic acids is 1. The van der Waals surface area contributed by atoms with Crippen LogP contribution in [0.5, 0.6) is 5.75 Å². The highest BCUT2D eigenvalue weighted by Gasteiger charge is 2.04. The highest BCUT2D eigenvalue weighted by molar-refractivity contribution is 6.04. The van der Waals surface area contributed by atoms with Crippen LogP contribution in [0.4, 0.5) is 0 Å². The number of ketones is 1. The number of nitrogens with two attached hydrogens (primary N) is 1. The Morgan fingerprint density at radius 2 is 2.00 bits per heavy atom. The average Bonchev–Trinajstić information content (AvgIpc) is 3.07. The lowest BCUT2D eigenvalue weighted by Gasteiger charge is -2.08. The number of nitrogens with zero attached hydrogens (tertiary/aromatic N) is 1. The maximum Gasteiger partial charge on any atom is 0.183 e. The van der Waals surface area contributed by atoms with E-state index in [1.807, 2.05) is 37.3 Å². The van der Waals surface area contributed by atoms with Gasteiger partial charge < -0.3 is 15.6 Å². The minimum absolute atomic E-state index is 0.172. The number of allylic oxidation sites excluding steroid dienone is 9. The molecule has 32 heavy (non-hydrogen) atoms. The van der Waals surface area contributed by atoms with Gasteiger partial charge in [0.05, 0.1) is 12.3 Å². The van der Waals surface area contributed by atoms with E-state index >= 15 is 0 Å². The first-order valence-corrected chi connectivity index (χ1v) is 10.8. The number of aliphatic imine (C=N–C) groups is 1. The Morgan fingerprint density at radius 1 is 1.22 bits per heavy atom. The SMILES string of the molecule is CCC=N/C(=C\C=C(/C)C(=O)/C=C(\N)Cc1ccc(OCC2=CC=CCC=C2)cc1)CO. The Hall–Kier alpha value is -3.44. The first-order valence-electron chi connectivity index (χ1n) is 10.8. The van der Waals surface area contributed by atoms with Gasteiger partial charge in [0.25, 0.3) is 0 Å². The Labute approximate surface area is 190 Å². The summed E-state index contributed by atoms with van der Waals surface area (Å²) in [7, 11) is 0. The van der Waals surface area contributed by atoms with Crippen molar-refractivity contribution in [2.24, 2.45) is 10.7 Å². The third-order valence-corrected chi connectivity index (χ3v) is 4.62. The van der Waals surface area contributed by atoms with Gasteiger partial charge in [0.1, 0.15) is 12.4 Å². The molecule has 0 fully saturated rings. The molecular weight excluding hydrogens is 400 g/mol. The van der Waals surface area contributed by atoms with E-state index in [1.54, 1.807) is 25.3 Å². The van der Waals surface area contributed by atoms with E-state index in [2.05, 4.69) is 29.3 Å². The molecule has 2 rings (SSSR count). The molecule has 0 saturated heterocycles. The second-order valence-electron chi connectivity index (χ2n) is 7.39. The van der Waals surface area contributed by atoms with Gasteiger partial charge in [0.15, 0.2) is 5.78 Å². The molecule has 0 amide bonds. The van der Waals surface area contributed by atoms with Crippen LogP contribution in [0.15, 0.2) is 100 Å². The lowest BCUT2D eigenvalue weighted by molar-refractivity contribution is -0.111. The molecule has 0 radical (unpaired) electrons. The lowest BCUT2D eigenvalue weighted by atomic mass is 10.1. The molecule has 0 atom stereocenters. The largest absolute Gasteiger partial charge is 0.489 e. The van der Waals surface area contributed by atoms with E-state index in [0.29, 0.717) is 30.0 Å². The Balaban J connectivity index is 1.92. The zero-order valence-electron chi connectivity index (χ0n) is 18.8. The van der Waals surface area contributed by atoms with Crippen LogP contribution in [0, 0.1) is 0 Å². The molecule has 0 heterocycles. The standard InChI is InChI=1S/C27H32N2O3/c1-3-16-29-25(19-30)13-10-21(2)27(31)18-24(28)17-22-11-14-26(15-12-22)32-20-23-8-6-4-5-7-9-23/h4,6-16,18,30H,3,5,17,19-20,28H2,1-2H3/b21-10+,24-18-,25-13-,29-16?. The molecule has 0 bridgehead atoms. The summed E-state index contributed by atoms with van der Waals surface area (Å²) in [5, 5.41) is 9.30. The van der Waals surface area contributed by atoms with E-state index in [0.717, 1.165) is 29.7 Å². The van der Waals surface area contributed by atoms with Crippen molar-refractivity contribution in [3.8, 4) is 5.75 Å². The zero-order chi connectivity index (χ0) is 23.2. The zero-order valence-corrected chi connectivity index (χ0v) is 18.8. The Bertz CT molecular complexity index is 975. The van der Waals surface area contributed by atoms with Crippen molar-refractivity contribution >= 4 is 12.0 Å². The van der Waals surface area contributed by atoms with Crippen molar-refractivity contribution in [2.75, 3.05) is 13.2 Å². The molecular formula is C27H32N2O3. The van der Waals surface area contributed by atoms with Gasteiger partial charge in [0, 0.05) is 24.4 Å². The molecule has 5 heteroatoms. The van der Waals surface area contributed by atoms with Gasteiger partial charge in [-0.3, -0.25) is 9.79 Å². The molecule has 3 N–H and O–H groups in total. The van der Waals surface area contributed by atoms with Crippen LogP contribution in [-0.4, -0.2) is 30.3 Å². The molecule has 1 aliphatic rings. The van der Waals surface area contributed by atoms with Crippen LogP contribution in [-0.2, 0) is 11.2 Å². The van der Waals surface area contributed by atoms with E-state index in [-0.39, 0.29) is 12.4 Å². The van der Waals surface area contributed by atoms with E-state index in [1.165, 1.54) is 6.08 Å². The summed E-state index contributed by atoms with van der Waals surface area (Å²) in [6.45, 7) is 4.00. The summed E-state index contributed by atoms with van der Waals surface area (Å²) in [5.74, 6) is 0.611. The van der Waals surface area contributed by atoms with Crippen molar-refractivity contribution in [3.63, 3.8) is 0 Å². The molecule has 0 unspecified atom stereocenters. The monoisotopic (exact) mass is 432 g/mol. The number of aliphatic hydroxyl groups is 1. The van der Waals surface area contributed by atoms with Crippen molar-refractivity contribution in [1.29, 1.82) is 0 Å². The minimum Gasteiger partial charge on any atom is -0.489 e. The van der Waals surface area contributed by atoms with Crippen LogP contribution in [0.25, 0.3) is 0 Å². The number of ether oxygens (including phenoxy) is 1. The van der Waals surface area contributed by atoms with Gasteiger partial charge in [0.2, 0.25) is 0 Å². The van der Waals surface area contributed by atoms with Gasteiger partial charge in [-0.25, -0.2) is 0 Å². The molecule has 168 valence electrons. The van der Waals surface area contributed by atoms with Crippen molar-refractivity contribution < 1.29 is 14.6 Å². The first kappa shape index (κ1) is 24.8. The van der Waals surface area contributed by atoms with Gasteiger partial charge in [-0.05, 0) is 54.7 Å². The van der Waals surface area contributed by atoms with Crippen LogP contribution < -0.4 is 10.5 Å². The molecule has 5 nitrogen and oxygen atoms in total. The summed E-state index contributed by atoms with van der Waals surface area (Å²) in [4.78, 5) is 16.5. The maximum absolute atomic E-state index is 12.4. The number of hydrogen-bond donors (Lipinski definition) is 2. The second kappa shape index (κ2) is 13.8. The van der Waals surface area contributed by atoms with E-state index in [9.17, 15) is 9.90 Å². The van der Waals surface area contributed by atoms with Gasteiger partial charge in [-0.1, -0.05) is 55.5 Å². The van der Waals surface area contributed by atoms with Crippen molar-refractivity contribution in [1.82, 2.24) is 0 Å². The van der Waals surface area contributed by atoms with Gasteiger partial charge in [-0.15, -0.1) is 0 Å². The number of rotatable bonds is 11. The molecule has 0 aliphatic heterocycles. The molecule has 0 saturated carbocycles. The molecule has 1 aromatic carbocycles. The predicted molar refractivity (Wildman–Crippen MR) is 132 cm³/mol. The highest BCUT2D eigenvalue weighted by Crippen LogP contribution is 2.16. The number of aliphatic hydroxyl groups excluding tert-OH is 1. The highest BCUT2D eigenvalue weighted by atomic mass is 16.5. The maximum atomic E-state index is 12.4. The number of carbonyl (C=O) groups is 1. The van der Waals surface area contributed by atoms with Crippen molar-refractivity contribution in [2.45, 2.75) is 33.1 Å². The summed E-state index contributed by atoms with van der Waals surface area (Å²) >= 11 is 0. The molecule has 1 aromatic rings. The number of hydrogen-bond acceptors (Lipinski definition) is 5. The first-order chi connectivity index (χ1) is 15.5. The molecule has 0 aromatic heterocycles. The lowest BCUT2D eigenvalue weighted by Crippen LogP contribution is -2.06. The third kappa shape index (κ3) is 9.14. The van der Waals surface area contributed by atoms with Crippen molar-refractivity contribution in [3.05, 3.63) is 101 Å². The third-order valence-electron chi connectivity index (χ3n) is 4.62. The van der Waals surface area contributed by atoms with Crippen LogP contribution in [0.2, 0.25) is 0 Å². The average molecular weight is 433 g/mol. The van der Waals surface area contributed by atoms with Crippen LogP contribution >= 0.6 is 0 Å². The molecule has 1 aliphatic carbocycles. The summed E-state index contributed by atoms with van der Waals surface area (Å²) < 4.78 is 5.84. The fourth-order valence-electron chi connectivity index (χ4n) is 2.81. The second-order valence-corrected chi connectivity index (χ2v) is 7.39. The van der Waals surface area contributed by atoms with Gasteiger partial charge in [-0.2, -0.15) is 0 Å². The summed E-state index contributed by atoms with van der Waals surface area (Å²) in [6.07, 6.45) is 19.0. The van der Waals surface area contributed by atoms with Crippen LogP contribution in [0.1, 0.15) is 32.3 Å². The smallest absolute Gasteiger partial charge is 0.183 e. The Kier molecular flexibility index (Phi) is 10.7. The fourth-order valence-corrected chi connectivity index (χ4v) is 2.81. The summed E-state index contributed by atoms with van der Waals surface area (Å²) in [5.41, 5.74) is 9.70. The predicted octanol–water partition coefficient (Wildman–Crippen LogP) is 4.77. The number of benzene rings is 1. The fraction of sp³-hybridized carbons (Fsp3) is 0.259. The topological polar surface area (TPSA) is 84.9 Å². The normalized spacial score (nSPS) is 15.1. The Morgan fingerprint density at radius 3 is 2.72 bits per heavy atom. The summed E-state index contributed by atoms with van der Waals surface area (Å²) in [6, 6.07) is 7.71. The molecule has 0 spiro atoms. The quantitative estimate of drug-likeness (QED) is 0.300. The van der Waals surface area contributed by atoms with Crippen LogP contribution in [0.3, 0.4) is 0 Å².